The normalized spacial score (nSPS) is 10.3. The van der Waals surface area contributed by atoms with Gasteiger partial charge in [-0.1, -0.05) is 24.3 Å². The Labute approximate surface area is 169 Å². The van der Waals surface area contributed by atoms with Crippen LogP contribution in [0.2, 0.25) is 0 Å². The van der Waals surface area contributed by atoms with E-state index in [0.29, 0.717) is 24.2 Å². The summed E-state index contributed by atoms with van der Waals surface area (Å²) in [5.41, 5.74) is 2.62. The van der Waals surface area contributed by atoms with Gasteiger partial charge in [0.1, 0.15) is 11.4 Å². The first-order valence-electron chi connectivity index (χ1n) is 9.17. The average Bonchev–Trinajstić information content (AvgIpc) is 2.74. The van der Waals surface area contributed by atoms with Crippen molar-refractivity contribution < 1.29 is 14.3 Å². The molecule has 2 N–H and O–H groups in total. The zero-order valence-electron chi connectivity index (χ0n) is 16.3. The van der Waals surface area contributed by atoms with E-state index in [9.17, 15) is 9.59 Å². The molecule has 0 aliphatic carbocycles. The highest BCUT2D eigenvalue weighted by atomic mass is 16.5. The van der Waals surface area contributed by atoms with Crippen LogP contribution in [0, 0.1) is 0 Å². The second kappa shape index (κ2) is 9.45. The van der Waals surface area contributed by atoms with E-state index >= 15 is 0 Å². The first-order chi connectivity index (χ1) is 14.0. The summed E-state index contributed by atoms with van der Waals surface area (Å²) in [6.45, 7) is 1.99. The number of carbonyl (C=O) groups is 2. The fourth-order valence-electron chi connectivity index (χ4n) is 2.69. The first kappa shape index (κ1) is 20.0. The van der Waals surface area contributed by atoms with Gasteiger partial charge in [0.25, 0.3) is 5.91 Å². The number of hydrogen-bond acceptors (Lipinski definition) is 6. The number of benzene rings is 2. The number of hydrogen-bond donors (Lipinski definition) is 2. The molecule has 148 valence electrons. The lowest BCUT2D eigenvalue weighted by atomic mass is 10.1. The van der Waals surface area contributed by atoms with Crippen molar-refractivity contribution >= 4 is 23.3 Å². The Hall–Kier alpha value is -3.74. The molecule has 7 heteroatoms. The third kappa shape index (κ3) is 5.62. The number of anilines is 2. The molecule has 0 radical (unpaired) electrons. The van der Waals surface area contributed by atoms with E-state index in [2.05, 4.69) is 20.6 Å². The van der Waals surface area contributed by atoms with Crippen molar-refractivity contribution in [3.05, 3.63) is 77.6 Å². The van der Waals surface area contributed by atoms with E-state index in [0.717, 1.165) is 11.3 Å². The largest absolute Gasteiger partial charge is 0.497 e. The van der Waals surface area contributed by atoms with Gasteiger partial charge in [-0.05, 0) is 49.2 Å². The monoisotopic (exact) mass is 390 g/mol. The van der Waals surface area contributed by atoms with Crippen LogP contribution in [-0.2, 0) is 6.42 Å². The van der Waals surface area contributed by atoms with Crippen LogP contribution in [-0.4, -0.2) is 35.3 Å². The van der Waals surface area contributed by atoms with Crippen LogP contribution in [0.15, 0.2) is 60.8 Å². The SMILES string of the molecule is COc1ccc(CCNC(=O)c2ccnc(Nc3cccc(C(C)=O)c3)n2)cc1. The maximum absolute atomic E-state index is 12.4. The number of ketones is 1. The molecule has 0 spiro atoms. The summed E-state index contributed by atoms with van der Waals surface area (Å²) in [6.07, 6.45) is 2.21. The molecule has 29 heavy (non-hydrogen) atoms. The molecule has 0 atom stereocenters. The molecule has 2 aromatic carbocycles. The lowest BCUT2D eigenvalue weighted by Crippen LogP contribution is -2.26. The van der Waals surface area contributed by atoms with Gasteiger partial charge in [0.05, 0.1) is 7.11 Å². The maximum Gasteiger partial charge on any atom is 0.270 e. The first-order valence-corrected chi connectivity index (χ1v) is 9.17. The van der Waals surface area contributed by atoms with Crippen molar-refractivity contribution in [1.82, 2.24) is 15.3 Å². The van der Waals surface area contributed by atoms with Crippen molar-refractivity contribution in [1.29, 1.82) is 0 Å². The molecule has 0 aliphatic heterocycles. The molecule has 7 nitrogen and oxygen atoms in total. The quantitative estimate of drug-likeness (QED) is 0.573. The summed E-state index contributed by atoms with van der Waals surface area (Å²) in [5.74, 6) is 0.780. The predicted octanol–water partition coefficient (Wildman–Crippen LogP) is 3.40. The number of ether oxygens (including phenoxy) is 1. The summed E-state index contributed by atoms with van der Waals surface area (Å²) < 4.78 is 5.14. The van der Waals surface area contributed by atoms with E-state index in [1.807, 2.05) is 24.3 Å². The molecule has 0 aliphatic rings. The van der Waals surface area contributed by atoms with Crippen molar-refractivity contribution in [3.8, 4) is 5.75 Å². The highest BCUT2D eigenvalue weighted by Gasteiger charge is 2.09. The topological polar surface area (TPSA) is 93.2 Å². The number of amides is 1. The third-order valence-electron chi connectivity index (χ3n) is 4.27. The molecule has 0 saturated carbocycles. The molecular weight excluding hydrogens is 368 g/mol. The number of rotatable bonds is 8. The number of carbonyl (C=O) groups excluding carboxylic acids is 2. The molecule has 0 bridgehead atoms. The van der Waals surface area contributed by atoms with Crippen LogP contribution in [0.25, 0.3) is 0 Å². The van der Waals surface area contributed by atoms with Crippen molar-refractivity contribution in [2.45, 2.75) is 13.3 Å². The van der Waals surface area contributed by atoms with E-state index < -0.39 is 0 Å². The van der Waals surface area contributed by atoms with Gasteiger partial charge >= 0.3 is 0 Å². The Morgan fingerprint density at radius 1 is 1.07 bits per heavy atom. The summed E-state index contributed by atoms with van der Waals surface area (Å²) in [4.78, 5) is 32.3. The van der Waals surface area contributed by atoms with E-state index in [1.165, 1.54) is 13.1 Å². The van der Waals surface area contributed by atoms with Gasteiger partial charge in [-0.15, -0.1) is 0 Å². The number of methoxy groups -OCH3 is 1. The van der Waals surface area contributed by atoms with Crippen LogP contribution >= 0.6 is 0 Å². The Kier molecular flexibility index (Phi) is 6.52. The van der Waals surface area contributed by atoms with E-state index in [4.69, 9.17) is 4.74 Å². The van der Waals surface area contributed by atoms with Gasteiger partial charge in [0.2, 0.25) is 5.95 Å². The second-order valence-corrected chi connectivity index (χ2v) is 6.38. The average molecular weight is 390 g/mol. The summed E-state index contributed by atoms with van der Waals surface area (Å²) >= 11 is 0. The number of Topliss-reactive ketones (excluding diaryl/α,β-unsaturated/α-hetero) is 1. The van der Waals surface area contributed by atoms with Gasteiger partial charge in [0, 0.05) is 24.0 Å². The zero-order valence-corrected chi connectivity index (χ0v) is 16.3. The molecule has 1 heterocycles. The maximum atomic E-state index is 12.4. The van der Waals surface area contributed by atoms with Crippen LogP contribution in [0.1, 0.15) is 33.3 Å². The van der Waals surface area contributed by atoms with Gasteiger partial charge in [-0.3, -0.25) is 9.59 Å². The molecule has 0 saturated heterocycles. The van der Waals surface area contributed by atoms with E-state index in [1.54, 1.807) is 37.4 Å². The smallest absolute Gasteiger partial charge is 0.270 e. The molecule has 3 rings (SSSR count). The van der Waals surface area contributed by atoms with Gasteiger partial charge in [-0.2, -0.15) is 0 Å². The highest BCUT2D eigenvalue weighted by Crippen LogP contribution is 2.15. The minimum atomic E-state index is -0.276. The van der Waals surface area contributed by atoms with Gasteiger partial charge in [-0.25, -0.2) is 9.97 Å². The van der Waals surface area contributed by atoms with Crippen LogP contribution < -0.4 is 15.4 Å². The molecule has 0 unspecified atom stereocenters. The summed E-state index contributed by atoms with van der Waals surface area (Å²) in [6, 6.07) is 16.3. The van der Waals surface area contributed by atoms with Crippen LogP contribution in [0.4, 0.5) is 11.6 Å². The molecule has 3 aromatic rings. The van der Waals surface area contributed by atoms with Gasteiger partial charge in [0.15, 0.2) is 5.78 Å². The Balaban J connectivity index is 1.58. The fraction of sp³-hybridized carbons (Fsp3) is 0.182. The Morgan fingerprint density at radius 2 is 1.86 bits per heavy atom. The third-order valence-corrected chi connectivity index (χ3v) is 4.27. The molecule has 0 fully saturated rings. The predicted molar refractivity (Wildman–Crippen MR) is 111 cm³/mol. The van der Waals surface area contributed by atoms with Crippen LogP contribution in [0.3, 0.4) is 0 Å². The van der Waals surface area contributed by atoms with Gasteiger partial charge < -0.3 is 15.4 Å². The molecular formula is C22H22N4O3. The molecule has 1 aromatic heterocycles. The van der Waals surface area contributed by atoms with Crippen molar-refractivity contribution in [2.24, 2.45) is 0 Å². The fourth-order valence-corrected chi connectivity index (χ4v) is 2.69. The lowest BCUT2D eigenvalue weighted by Gasteiger charge is -2.08. The number of aromatic nitrogens is 2. The van der Waals surface area contributed by atoms with Crippen molar-refractivity contribution in [3.63, 3.8) is 0 Å². The lowest BCUT2D eigenvalue weighted by molar-refractivity contribution is 0.0948. The minimum absolute atomic E-state index is 0.0282. The highest BCUT2D eigenvalue weighted by molar-refractivity contribution is 5.95. The van der Waals surface area contributed by atoms with Crippen molar-refractivity contribution in [2.75, 3.05) is 19.0 Å². The summed E-state index contributed by atoms with van der Waals surface area (Å²) in [7, 11) is 1.63. The summed E-state index contributed by atoms with van der Waals surface area (Å²) in [5, 5.41) is 5.88. The number of nitrogens with zero attached hydrogens (tertiary/aromatic N) is 2. The number of nitrogens with one attached hydrogen (secondary N) is 2. The van der Waals surface area contributed by atoms with E-state index in [-0.39, 0.29) is 23.3 Å². The zero-order chi connectivity index (χ0) is 20.6. The minimum Gasteiger partial charge on any atom is -0.497 e. The standard InChI is InChI=1S/C22H22N4O3/c1-15(27)17-4-3-5-18(14-17)25-22-24-13-11-20(26-22)21(28)23-12-10-16-6-8-19(29-2)9-7-16/h3-9,11,13-14H,10,12H2,1-2H3,(H,23,28)(H,24,25,26). The Morgan fingerprint density at radius 3 is 2.59 bits per heavy atom. The molecule has 1 amide bonds. The second-order valence-electron chi connectivity index (χ2n) is 6.38. The Bertz CT molecular complexity index is 1000. The van der Waals surface area contributed by atoms with Crippen LogP contribution in [0.5, 0.6) is 5.75 Å².